The van der Waals surface area contributed by atoms with E-state index in [0.29, 0.717) is 0 Å². The Labute approximate surface area is 196 Å². The summed E-state index contributed by atoms with van der Waals surface area (Å²) in [6.07, 6.45) is 0. The average molecular weight is 646 g/mol. The van der Waals surface area contributed by atoms with Crippen molar-refractivity contribution in [2.45, 2.75) is 0 Å². The van der Waals surface area contributed by atoms with Gasteiger partial charge in [0.2, 0.25) is 0 Å². The van der Waals surface area contributed by atoms with Gasteiger partial charge in [-0.1, -0.05) is 0 Å². The Bertz CT molecular complexity index is 130. The van der Waals surface area contributed by atoms with Gasteiger partial charge < -0.3 is 38.5 Å². The summed E-state index contributed by atoms with van der Waals surface area (Å²) >= 11 is 0. The van der Waals surface area contributed by atoms with Crippen LogP contribution in [0, 0.1) is 148 Å². The van der Waals surface area contributed by atoms with E-state index in [-0.39, 0.29) is 148 Å². The molecule has 0 aliphatic rings. The average Bonchev–Trinajstić information content (AvgIpc) is 1.12. The van der Waals surface area contributed by atoms with E-state index in [1.165, 1.54) is 0 Å². The van der Waals surface area contributed by atoms with E-state index in [1.807, 2.05) is 0 Å². The molecule has 0 fully saturated rings. The van der Waals surface area contributed by atoms with Gasteiger partial charge in [-0.2, -0.15) is 15.6 Å². The van der Waals surface area contributed by atoms with Gasteiger partial charge in [0.25, 0.3) is 0 Å². The molecule has 0 bridgehead atoms. The Morgan fingerprint density at radius 1 is 0.538 bits per heavy atom. The molecule has 0 saturated heterocycles. The van der Waals surface area contributed by atoms with E-state index in [9.17, 15) is 0 Å². The smallest absolute Gasteiger partial charge is 0.822 e. The van der Waals surface area contributed by atoms with Crippen molar-refractivity contribution >= 4 is 15.6 Å². The normalized spacial score (nSPS) is 9.08. The third-order valence-corrected chi connectivity index (χ3v) is 0. The second-order valence-corrected chi connectivity index (χ2v) is 2.68. The minimum absolute atomic E-state index is 0. The van der Waals surface area contributed by atoms with E-state index in [1.54, 1.807) is 0 Å². The van der Waals surface area contributed by atoms with E-state index in [0.717, 1.165) is 0 Å². The van der Waals surface area contributed by atoms with Crippen LogP contribution in [0.15, 0.2) is 0 Å². The zero-order valence-corrected chi connectivity index (χ0v) is 14.4. The molecule has 0 aromatic rings. The number of hydrogen-bond donors (Lipinski definition) is 0. The molecule has 0 atom stereocenters. The Hall–Kier alpha value is 4.97. The maximum absolute atomic E-state index is 8.55. The van der Waals surface area contributed by atoms with Gasteiger partial charge in [-0.05, 0) is 0 Å². The summed E-state index contributed by atoms with van der Waals surface area (Å²) in [5.74, 6) is 0. The summed E-state index contributed by atoms with van der Waals surface area (Å²) in [6.45, 7) is 0. The molecule has 13 heteroatoms. The molecule has 79 valence electrons. The van der Waals surface area contributed by atoms with Gasteiger partial charge in [-0.25, -0.2) is 0 Å². The van der Waals surface area contributed by atoms with Gasteiger partial charge in [0.15, 0.2) is 0 Å². The third-order valence-electron chi connectivity index (χ3n) is 0. The van der Waals surface area contributed by atoms with E-state index < -0.39 is 15.6 Å². The van der Waals surface area contributed by atoms with Crippen LogP contribution in [-0.2, 0) is 9.13 Å². The number of rotatable bonds is 0. The standard InChI is InChI=1S/3Eu.2H3O4P/c;;;2*1-5(2,3)4/h;;;2*(H3,1,2,3,4)/q3*+2;;/p-6. The Kier molecular flexibility index (Phi) is 35.6. The molecule has 3 radical (unpaired) electrons. The van der Waals surface area contributed by atoms with Crippen molar-refractivity contribution in [2.24, 2.45) is 0 Å². The third kappa shape index (κ3) is 154. The van der Waals surface area contributed by atoms with Crippen LogP contribution in [0.25, 0.3) is 0 Å². The molecule has 8 nitrogen and oxygen atoms in total. The van der Waals surface area contributed by atoms with Crippen molar-refractivity contribution in [3.63, 3.8) is 0 Å². The molecular formula is Eu3O8P2. The number of phosphoric acid groups is 2. The first-order valence-corrected chi connectivity index (χ1v) is 4.38. The fourth-order valence-electron chi connectivity index (χ4n) is 0. The van der Waals surface area contributed by atoms with Gasteiger partial charge >= 0.3 is 148 Å². The second kappa shape index (κ2) is 15.0. The van der Waals surface area contributed by atoms with Crippen LogP contribution >= 0.6 is 15.6 Å². The summed E-state index contributed by atoms with van der Waals surface area (Å²) in [6, 6.07) is 0. The second-order valence-electron chi connectivity index (χ2n) is 0.894. The molecule has 0 aliphatic heterocycles. The maximum atomic E-state index is 8.55. The van der Waals surface area contributed by atoms with Crippen LogP contribution < -0.4 is 29.4 Å². The summed E-state index contributed by atoms with van der Waals surface area (Å²) in [7, 11) is -10.8. The molecule has 0 amide bonds. The molecule has 0 aliphatic carbocycles. The van der Waals surface area contributed by atoms with E-state index >= 15 is 0 Å². The molecule has 13 heavy (non-hydrogen) atoms. The molecule has 0 aromatic heterocycles. The van der Waals surface area contributed by atoms with Crippen LogP contribution in [-0.4, -0.2) is 0 Å². The zero-order chi connectivity index (χ0) is 9.00. The Balaban J connectivity index is -0.0000000267. The SMILES string of the molecule is O=P([O-])([O-])[O-].O=P([O-])([O-])[O-].[Eu+2].[Eu+2].[Eu+2]. The minimum Gasteiger partial charge on any atom is -0.822 e. The van der Waals surface area contributed by atoms with Gasteiger partial charge in [0.05, 0.1) is 0 Å². The number of hydrogen-bond acceptors (Lipinski definition) is 8. The largest absolute Gasteiger partial charge is 2.00 e. The predicted octanol–water partition coefficient (Wildman–Crippen LogP) is -5.65. The van der Waals surface area contributed by atoms with Gasteiger partial charge in [-0.15, -0.1) is 0 Å². The van der Waals surface area contributed by atoms with Gasteiger partial charge in [-0.3, -0.25) is 0 Å². The van der Waals surface area contributed by atoms with E-state index in [2.05, 4.69) is 0 Å². The van der Waals surface area contributed by atoms with Crippen LogP contribution in [0.1, 0.15) is 0 Å². The minimum atomic E-state index is -5.39. The van der Waals surface area contributed by atoms with Crippen molar-refractivity contribution in [1.29, 1.82) is 0 Å². The Morgan fingerprint density at radius 3 is 0.538 bits per heavy atom. The van der Waals surface area contributed by atoms with Crippen molar-refractivity contribution in [2.75, 3.05) is 0 Å². The topological polar surface area (TPSA) is 172 Å². The predicted molar refractivity (Wildman–Crippen MR) is 15.2 cm³/mol. The van der Waals surface area contributed by atoms with Crippen LogP contribution in [0.5, 0.6) is 0 Å². The fourth-order valence-corrected chi connectivity index (χ4v) is 0. The van der Waals surface area contributed by atoms with Crippen LogP contribution in [0.4, 0.5) is 0 Å². The molecule has 0 rings (SSSR count). The summed E-state index contributed by atoms with van der Waals surface area (Å²) in [4.78, 5) is 51.3. The zero-order valence-electron chi connectivity index (χ0n) is 5.29. The summed E-state index contributed by atoms with van der Waals surface area (Å²) in [5, 5.41) is 0. The van der Waals surface area contributed by atoms with Gasteiger partial charge in [0.1, 0.15) is 0 Å². The first kappa shape index (κ1) is 30.8. The van der Waals surface area contributed by atoms with Crippen LogP contribution in [0.2, 0.25) is 0 Å². The monoisotopic (exact) mass is 649 g/mol. The maximum Gasteiger partial charge on any atom is 2.00 e. The fraction of sp³-hybridized carbons (Fsp3) is 0. The molecule has 0 N–H and O–H groups in total. The molecule has 0 spiro atoms. The molecule has 0 aromatic carbocycles. The molecule has 0 heterocycles. The Morgan fingerprint density at radius 2 is 0.538 bits per heavy atom. The van der Waals surface area contributed by atoms with Crippen LogP contribution in [0.3, 0.4) is 0 Å². The summed E-state index contributed by atoms with van der Waals surface area (Å²) in [5.41, 5.74) is 0. The first-order valence-electron chi connectivity index (χ1n) is 1.46. The van der Waals surface area contributed by atoms with Crippen molar-refractivity contribution in [3.05, 3.63) is 0 Å². The van der Waals surface area contributed by atoms with E-state index in [4.69, 9.17) is 38.5 Å². The molecular weight excluding hydrogens is 646 g/mol. The molecule has 0 unspecified atom stereocenters. The van der Waals surface area contributed by atoms with Gasteiger partial charge in [0, 0.05) is 0 Å². The quantitative estimate of drug-likeness (QED) is 0.235. The summed E-state index contributed by atoms with van der Waals surface area (Å²) < 4.78 is 17.1. The molecule has 0 saturated carbocycles. The van der Waals surface area contributed by atoms with Crippen molar-refractivity contribution in [3.8, 4) is 0 Å². The van der Waals surface area contributed by atoms with Crippen molar-refractivity contribution in [1.82, 2.24) is 0 Å². The van der Waals surface area contributed by atoms with Crippen molar-refractivity contribution < 1.29 is 187 Å². The first-order chi connectivity index (χ1) is 4.00.